The molecule has 2 rings (SSSR count). The van der Waals surface area contributed by atoms with E-state index in [1.54, 1.807) is 14.2 Å². The number of epoxide rings is 1. The molecule has 0 amide bonds. The molecule has 4 atom stereocenters. The third-order valence-corrected chi connectivity index (χ3v) is 6.01. The second-order valence-electron chi connectivity index (χ2n) is 4.49. The second-order valence-corrected chi connectivity index (χ2v) is 7.22. The highest BCUT2D eigenvalue weighted by molar-refractivity contribution is 6.46. The average molecular weight is 216 g/mol. The predicted molar refractivity (Wildman–Crippen MR) is 56.6 cm³/mol. The Kier molecular flexibility index (Phi) is 3.26. The van der Waals surface area contributed by atoms with E-state index >= 15 is 0 Å². The van der Waals surface area contributed by atoms with Crippen LogP contribution in [0.2, 0.25) is 5.54 Å². The summed E-state index contributed by atoms with van der Waals surface area (Å²) in [5.74, 6) is 0.760. The Morgan fingerprint density at radius 3 is 2.50 bits per heavy atom. The zero-order valence-corrected chi connectivity index (χ0v) is 10.4. The van der Waals surface area contributed by atoms with Gasteiger partial charge in [0.1, 0.15) is 0 Å². The van der Waals surface area contributed by atoms with Crippen molar-refractivity contribution >= 4 is 9.28 Å². The lowest BCUT2D eigenvalue weighted by atomic mass is 9.87. The lowest BCUT2D eigenvalue weighted by Gasteiger charge is -2.28. The third kappa shape index (κ3) is 2.03. The van der Waals surface area contributed by atoms with Crippen molar-refractivity contribution in [3.63, 3.8) is 0 Å². The van der Waals surface area contributed by atoms with Crippen molar-refractivity contribution in [1.29, 1.82) is 0 Å². The molecule has 2 fully saturated rings. The van der Waals surface area contributed by atoms with Gasteiger partial charge >= 0.3 is 9.28 Å². The minimum Gasteiger partial charge on any atom is -0.400 e. The lowest BCUT2D eigenvalue weighted by Crippen LogP contribution is -2.31. The first-order valence-corrected chi connectivity index (χ1v) is 7.08. The van der Waals surface area contributed by atoms with Gasteiger partial charge in [0.05, 0.1) is 12.2 Å². The van der Waals surface area contributed by atoms with E-state index in [4.69, 9.17) is 13.6 Å². The fraction of sp³-hybridized carbons (Fsp3) is 1.00. The van der Waals surface area contributed by atoms with Crippen LogP contribution in [-0.2, 0) is 13.6 Å². The van der Waals surface area contributed by atoms with Gasteiger partial charge < -0.3 is 13.6 Å². The molecule has 1 saturated carbocycles. The summed E-state index contributed by atoms with van der Waals surface area (Å²) in [4.78, 5) is 0. The third-order valence-electron chi connectivity index (χ3n) is 3.68. The molecular weight excluding hydrogens is 196 g/mol. The molecular formula is C10H20O3Si. The smallest absolute Gasteiger partial charge is 0.324 e. The van der Waals surface area contributed by atoms with Gasteiger partial charge in [0.15, 0.2) is 0 Å². The monoisotopic (exact) mass is 216 g/mol. The van der Waals surface area contributed by atoms with Crippen LogP contribution in [-0.4, -0.2) is 35.7 Å². The van der Waals surface area contributed by atoms with Crippen molar-refractivity contribution in [1.82, 2.24) is 0 Å². The van der Waals surface area contributed by atoms with Gasteiger partial charge in [0.25, 0.3) is 0 Å². The summed E-state index contributed by atoms with van der Waals surface area (Å²) in [5, 5.41) is 0. The number of hydrogen-bond acceptors (Lipinski definition) is 3. The molecule has 0 aromatic heterocycles. The zero-order chi connectivity index (χ0) is 10.1. The minimum atomic E-state index is -1.42. The van der Waals surface area contributed by atoms with Crippen LogP contribution in [0.1, 0.15) is 26.2 Å². The molecule has 0 aromatic rings. The number of rotatable bonds is 4. The summed E-state index contributed by atoms with van der Waals surface area (Å²) in [6.45, 7) is 2.28. The molecule has 3 nitrogen and oxygen atoms in total. The normalized spacial score (nSPS) is 38.1. The number of fused-ring (bicyclic) bond motifs is 1. The topological polar surface area (TPSA) is 31.0 Å². The highest BCUT2D eigenvalue weighted by Gasteiger charge is 2.46. The van der Waals surface area contributed by atoms with E-state index in [1.165, 1.54) is 19.3 Å². The number of ether oxygens (including phenoxy) is 1. The summed E-state index contributed by atoms with van der Waals surface area (Å²) in [6, 6.07) is 0. The lowest BCUT2D eigenvalue weighted by molar-refractivity contribution is 0.240. The molecule has 1 aliphatic carbocycles. The number of hydrogen-bond donors (Lipinski definition) is 0. The Morgan fingerprint density at radius 1 is 1.21 bits per heavy atom. The van der Waals surface area contributed by atoms with Crippen molar-refractivity contribution in [2.24, 2.45) is 5.92 Å². The van der Waals surface area contributed by atoms with Gasteiger partial charge in [-0.05, 0) is 30.7 Å². The van der Waals surface area contributed by atoms with Gasteiger partial charge in [0.2, 0.25) is 0 Å². The van der Waals surface area contributed by atoms with Gasteiger partial charge in [0, 0.05) is 14.2 Å². The molecule has 1 aliphatic heterocycles. The van der Waals surface area contributed by atoms with Crippen LogP contribution in [0, 0.1) is 5.92 Å². The van der Waals surface area contributed by atoms with Gasteiger partial charge in [-0.25, -0.2) is 0 Å². The summed E-state index contributed by atoms with van der Waals surface area (Å²) >= 11 is 0. The van der Waals surface area contributed by atoms with Gasteiger partial charge in [-0.3, -0.25) is 0 Å². The Balaban J connectivity index is 1.86. The molecule has 2 aliphatic rings. The highest BCUT2D eigenvalue weighted by Crippen LogP contribution is 2.44. The van der Waals surface area contributed by atoms with Crippen molar-refractivity contribution in [3.8, 4) is 0 Å². The second kappa shape index (κ2) is 4.31. The standard InChI is InChI=1S/C10H20O3Si/c1-7(14(11-2)12-3)8-4-5-9-10(6-8)13-9/h7-10,14H,4-6H2,1-3H3. The maximum Gasteiger partial charge on any atom is 0.324 e. The maximum atomic E-state index is 5.54. The molecule has 4 heteroatoms. The van der Waals surface area contributed by atoms with Crippen molar-refractivity contribution in [2.45, 2.75) is 43.9 Å². The molecule has 0 N–H and O–H groups in total. The average Bonchev–Trinajstić information content (AvgIpc) is 2.96. The first-order valence-electron chi connectivity index (χ1n) is 5.47. The largest absolute Gasteiger partial charge is 0.400 e. The molecule has 0 aromatic carbocycles. The summed E-state index contributed by atoms with van der Waals surface area (Å²) in [5.41, 5.74) is 0.607. The van der Waals surface area contributed by atoms with Crippen LogP contribution in [0.25, 0.3) is 0 Å². The van der Waals surface area contributed by atoms with Crippen molar-refractivity contribution in [2.75, 3.05) is 14.2 Å². The van der Waals surface area contributed by atoms with Crippen LogP contribution >= 0.6 is 0 Å². The van der Waals surface area contributed by atoms with Crippen LogP contribution in [0.5, 0.6) is 0 Å². The van der Waals surface area contributed by atoms with E-state index in [-0.39, 0.29) is 0 Å². The molecule has 4 unspecified atom stereocenters. The fourth-order valence-corrected chi connectivity index (χ4v) is 4.51. The van der Waals surface area contributed by atoms with Crippen molar-refractivity contribution < 1.29 is 13.6 Å². The van der Waals surface area contributed by atoms with E-state index in [2.05, 4.69) is 6.92 Å². The van der Waals surface area contributed by atoms with Crippen LogP contribution in [0.4, 0.5) is 0 Å². The molecule has 1 saturated heterocycles. The molecule has 0 radical (unpaired) electrons. The van der Waals surface area contributed by atoms with E-state index in [0.717, 1.165) is 5.92 Å². The van der Waals surface area contributed by atoms with Crippen LogP contribution in [0.3, 0.4) is 0 Å². The molecule has 14 heavy (non-hydrogen) atoms. The highest BCUT2D eigenvalue weighted by atomic mass is 28.3. The molecule has 0 bridgehead atoms. The quantitative estimate of drug-likeness (QED) is 0.526. The van der Waals surface area contributed by atoms with Gasteiger partial charge in [-0.1, -0.05) is 6.92 Å². The summed E-state index contributed by atoms with van der Waals surface area (Å²) in [6.07, 6.45) is 4.93. The van der Waals surface area contributed by atoms with Crippen molar-refractivity contribution in [3.05, 3.63) is 0 Å². The Hall–Kier alpha value is 0.0969. The zero-order valence-electron chi connectivity index (χ0n) is 9.23. The Morgan fingerprint density at radius 2 is 1.93 bits per heavy atom. The SMILES string of the molecule is CO[SiH](OC)C(C)C1CCC2OC2C1. The van der Waals surface area contributed by atoms with Crippen LogP contribution in [0.15, 0.2) is 0 Å². The van der Waals surface area contributed by atoms with E-state index in [9.17, 15) is 0 Å². The Labute approximate surface area is 87.6 Å². The predicted octanol–water partition coefficient (Wildman–Crippen LogP) is 1.46. The first kappa shape index (κ1) is 10.6. The van der Waals surface area contributed by atoms with Gasteiger partial charge in [-0.15, -0.1) is 0 Å². The maximum absolute atomic E-state index is 5.54. The molecule has 82 valence electrons. The fourth-order valence-electron chi connectivity index (χ4n) is 2.66. The summed E-state index contributed by atoms with van der Waals surface area (Å²) < 4.78 is 16.4. The van der Waals surface area contributed by atoms with E-state index in [1.807, 2.05) is 0 Å². The molecule has 1 heterocycles. The molecule has 0 spiro atoms. The first-order chi connectivity index (χ1) is 6.76. The van der Waals surface area contributed by atoms with E-state index in [0.29, 0.717) is 17.7 Å². The Bertz CT molecular complexity index is 196. The van der Waals surface area contributed by atoms with Gasteiger partial charge in [-0.2, -0.15) is 0 Å². The van der Waals surface area contributed by atoms with E-state index < -0.39 is 9.28 Å². The van der Waals surface area contributed by atoms with Crippen LogP contribution < -0.4 is 0 Å². The summed E-state index contributed by atoms with van der Waals surface area (Å²) in [7, 11) is 2.12. The minimum absolute atomic E-state index is 0.569.